The van der Waals surface area contributed by atoms with Crippen LogP contribution < -0.4 is 5.32 Å². The molecule has 1 atom stereocenters. The maximum atomic E-state index is 12.7. The highest BCUT2D eigenvalue weighted by molar-refractivity contribution is 8.00. The third-order valence-corrected chi connectivity index (χ3v) is 7.25. The van der Waals surface area contributed by atoms with Crippen LogP contribution in [0, 0.1) is 0 Å². The maximum absolute atomic E-state index is 12.7. The Morgan fingerprint density at radius 3 is 2.58 bits per heavy atom. The van der Waals surface area contributed by atoms with Crippen molar-refractivity contribution in [3.63, 3.8) is 0 Å². The van der Waals surface area contributed by atoms with E-state index in [2.05, 4.69) is 60.6 Å². The molecule has 0 radical (unpaired) electrons. The van der Waals surface area contributed by atoms with Crippen LogP contribution in [-0.2, 0) is 23.3 Å². The Morgan fingerprint density at radius 2 is 1.94 bits per heavy atom. The number of rotatable bonds is 8. The van der Waals surface area contributed by atoms with E-state index in [4.69, 9.17) is 4.42 Å². The first-order valence-corrected chi connectivity index (χ1v) is 12.6. The molecule has 33 heavy (non-hydrogen) atoms. The zero-order chi connectivity index (χ0) is 23.4. The third kappa shape index (κ3) is 5.75. The summed E-state index contributed by atoms with van der Waals surface area (Å²) in [7, 11) is 0. The van der Waals surface area contributed by atoms with Gasteiger partial charge in [0.05, 0.1) is 24.6 Å². The molecular formula is C25H28N4O2S2. The molecule has 0 fully saturated rings. The van der Waals surface area contributed by atoms with Crippen LogP contribution in [0.2, 0.25) is 0 Å². The standard InChI is InChI=1S/C25H28N4O2S2/c1-17(23(30)26-15-21-8-6-14-32-21)33-24-28-27-22(29(24)16-20-7-5-13-31-20)18-9-11-19(12-10-18)25(2,3)4/h5-14,17H,15-16H2,1-4H3,(H,26,30). The highest BCUT2D eigenvalue weighted by Gasteiger charge is 2.22. The lowest BCUT2D eigenvalue weighted by molar-refractivity contribution is -0.120. The number of thiophene rings is 1. The molecule has 6 nitrogen and oxygen atoms in total. The lowest BCUT2D eigenvalue weighted by Gasteiger charge is -2.19. The summed E-state index contributed by atoms with van der Waals surface area (Å²) < 4.78 is 7.60. The number of benzene rings is 1. The van der Waals surface area contributed by atoms with E-state index < -0.39 is 0 Å². The molecule has 1 aromatic carbocycles. The molecule has 1 unspecified atom stereocenters. The number of thioether (sulfide) groups is 1. The number of amides is 1. The molecule has 4 aromatic rings. The zero-order valence-corrected chi connectivity index (χ0v) is 20.9. The van der Waals surface area contributed by atoms with Crippen molar-refractivity contribution >= 4 is 29.0 Å². The molecule has 3 heterocycles. The zero-order valence-electron chi connectivity index (χ0n) is 19.2. The van der Waals surface area contributed by atoms with Gasteiger partial charge < -0.3 is 9.73 Å². The first-order valence-electron chi connectivity index (χ1n) is 10.8. The molecule has 0 aliphatic heterocycles. The molecule has 0 bridgehead atoms. The number of carbonyl (C=O) groups is 1. The fraction of sp³-hybridized carbons (Fsp3) is 0.320. The van der Waals surface area contributed by atoms with Gasteiger partial charge in [0.1, 0.15) is 5.76 Å². The van der Waals surface area contributed by atoms with Crippen molar-refractivity contribution in [2.45, 2.75) is 56.6 Å². The summed E-state index contributed by atoms with van der Waals surface area (Å²) in [6.07, 6.45) is 1.66. The van der Waals surface area contributed by atoms with Gasteiger partial charge in [-0.2, -0.15) is 0 Å². The molecule has 0 aliphatic carbocycles. The number of hydrogen-bond acceptors (Lipinski definition) is 6. The Hall–Kier alpha value is -2.84. The summed E-state index contributed by atoms with van der Waals surface area (Å²) in [5.41, 5.74) is 2.31. The monoisotopic (exact) mass is 480 g/mol. The van der Waals surface area contributed by atoms with E-state index in [0.29, 0.717) is 18.2 Å². The van der Waals surface area contributed by atoms with E-state index in [9.17, 15) is 4.79 Å². The fourth-order valence-corrected chi connectivity index (χ4v) is 4.87. The number of nitrogens with one attached hydrogen (secondary N) is 1. The highest BCUT2D eigenvalue weighted by atomic mass is 32.2. The normalized spacial score (nSPS) is 12.6. The molecule has 172 valence electrons. The van der Waals surface area contributed by atoms with Crippen LogP contribution in [0.4, 0.5) is 0 Å². The number of carbonyl (C=O) groups excluding carboxylic acids is 1. The minimum absolute atomic E-state index is 0.0305. The number of hydrogen-bond donors (Lipinski definition) is 1. The smallest absolute Gasteiger partial charge is 0.233 e. The van der Waals surface area contributed by atoms with Crippen LogP contribution in [0.3, 0.4) is 0 Å². The van der Waals surface area contributed by atoms with Gasteiger partial charge in [-0.25, -0.2) is 0 Å². The van der Waals surface area contributed by atoms with Gasteiger partial charge in [0.15, 0.2) is 11.0 Å². The first kappa shape index (κ1) is 23.3. The second-order valence-corrected chi connectivity index (χ2v) is 11.2. The van der Waals surface area contributed by atoms with Crippen molar-refractivity contribution in [1.82, 2.24) is 20.1 Å². The Morgan fingerprint density at radius 1 is 1.15 bits per heavy atom. The molecular weight excluding hydrogens is 452 g/mol. The van der Waals surface area contributed by atoms with E-state index in [1.807, 2.05) is 41.1 Å². The molecule has 1 amide bonds. The number of furan rings is 1. The number of aromatic nitrogens is 3. The molecule has 1 N–H and O–H groups in total. The van der Waals surface area contributed by atoms with Crippen molar-refractivity contribution in [2.24, 2.45) is 0 Å². The van der Waals surface area contributed by atoms with Crippen LogP contribution in [0.1, 0.15) is 43.9 Å². The molecule has 0 saturated heterocycles. The summed E-state index contributed by atoms with van der Waals surface area (Å²) in [5, 5.41) is 14.3. The van der Waals surface area contributed by atoms with E-state index in [-0.39, 0.29) is 16.6 Å². The molecule has 3 aromatic heterocycles. The van der Waals surface area contributed by atoms with Crippen LogP contribution in [0.5, 0.6) is 0 Å². The Kier molecular flexibility index (Phi) is 7.05. The lowest BCUT2D eigenvalue weighted by Crippen LogP contribution is -2.30. The molecule has 0 spiro atoms. The topological polar surface area (TPSA) is 73.0 Å². The maximum Gasteiger partial charge on any atom is 0.233 e. The van der Waals surface area contributed by atoms with Crippen molar-refractivity contribution in [3.8, 4) is 11.4 Å². The van der Waals surface area contributed by atoms with Gasteiger partial charge in [-0.15, -0.1) is 21.5 Å². The predicted octanol–water partition coefficient (Wildman–Crippen LogP) is 5.74. The predicted molar refractivity (Wildman–Crippen MR) is 133 cm³/mol. The van der Waals surface area contributed by atoms with Gasteiger partial charge in [-0.05, 0) is 41.5 Å². The van der Waals surface area contributed by atoms with Gasteiger partial charge in [0.2, 0.25) is 5.91 Å². The third-order valence-electron chi connectivity index (χ3n) is 5.29. The first-order chi connectivity index (χ1) is 15.8. The summed E-state index contributed by atoms with van der Waals surface area (Å²) in [5.74, 6) is 1.52. The van der Waals surface area contributed by atoms with Crippen molar-refractivity contribution < 1.29 is 9.21 Å². The van der Waals surface area contributed by atoms with Gasteiger partial charge in [0.25, 0.3) is 0 Å². The molecule has 4 rings (SSSR count). The quantitative estimate of drug-likeness (QED) is 0.326. The SMILES string of the molecule is CC(Sc1nnc(-c2ccc(C(C)(C)C)cc2)n1Cc1ccco1)C(=O)NCc1cccs1. The van der Waals surface area contributed by atoms with E-state index in [1.54, 1.807) is 17.6 Å². The highest BCUT2D eigenvalue weighted by Crippen LogP contribution is 2.30. The van der Waals surface area contributed by atoms with Gasteiger partial charge in [0, 0.05) is 10.4 Å². The van der Waals surface area contributed by atoms with Gasteiger partial charge >= 0.3 is 0 Å². The van der Waals surface area contributed by atoms with Crippen LogP contribution >= 0.6 is 23.1 Å². The summed E-state index contributed by atoms with van der Waals surface area (Å²) in [6.45, 7) is 9.50. The molecule has 0 saturated carbocycles. The lowest BCUT2D eigenvalue weighted by atomic mass is 9.87. The minimum Gasteiger partial charge on any atom is -0.467 e. The Bertz CT molecular complexity index is 1170. The van der Waals surface area contributed by atoms with Crippen LogP contribution in [-0.4, -0.2) is 25.9 Å². The second-order valence-electron chi connectivity index (χ2n) is 8.86. The molecule has 8 heteroatoms. The van der Waals surface area contributed by atoms with Crippen molar-refractivity contribution in [3.05, 3.63) is 76.4 Å². The van der Waals surface area contributed by atoms with E-state index >= 15 is 0 Å². The average Bonchev–Trinajstić information content (AvgIpc) is 3.55. The van der Waals surface area contributed by atoms with Crippen LogP contribution in [0.15, 0.2) is 69.7 Å². The second kappa shape index (κ2) is 9.97. The van der Waals surface area contributed by atoms with Gasteiger partial charge in [-0.3, -0.25) is 9.36 Å². The Labute approximate surface area is 202 Å². The minimum atomic E-state index is -0.319. The summed E-state index contributed by atoms with van der Waals surface area (Å²) in [6, 6.07) is 16.2. The summed E-state index contributed by atoms with van der Waals surface area (Å²) >= 11 is 3.03. The largest absolute Gasteiger partial charge is 0.467 e. The fourth-order valence-electron chi connectivity index (χ4n) is 3.35. The average molecular weight is 481 g/mol. The van der Waals surface area contributed by atoms with Crippen molar-refractivity contribution in [2.75, 3.05) is 0 Å². The van der Waals surface area contributed by atoms with Crippen molar-refractivity contribution in [1.29, 1.82) is 0 Å². The molecule has 0 aliphatic rings. The van der Waals surface area contributed by atoms with E-state index in [1.165, 1.54) is 17.3 Å². The van der Waals surface area contributed by atoms with E-state index in [0.717, 1.165) is 22.0 Å². The Balaban J connectivity index is 1.56. The number of nitrogens with zero attached hydrogens (tertiary/aromatic N) is 3. The summed E-state index contributed by atoms with van der Waals surface area (Å²) in [4.78, 5) is 13.8. The van der Waals surface area contributed by atoms with Gasteiger partial charge in [-0.1, -0.05) is 62.9 Å². The van der Waals surface area contributed by atoms with Crippen LogP contribution in [0.25, 0.3) is 11.4 Å².